The molecule has 3 N–H and O–H groups in total. The fraction of sp³-hybridized carbons (Fsp3) is 0.765. The zero-order valence-electron chi connectivity index (χ0n) is 13.8. The summed E-state index contributed by atoms with van der Waals surface area (Å²) in [7, 11) is 0. The molecule has 0 spiro atoms. The number of anilines is 2. The monoisotopic (exact) mass is 292 g/mol. The van der Waals surface area contributed by atoms with Crippen LogP contribution < -0.4 is 11.1 Å². The van der Waals surface area contributed by atoms with Crippen molar-refractivity contribution in [1.82, 2.24) is 9.97 Å². The smallest absolute Gasteiger partial charge is 0.133 e. The van der Waals surface area contributed by atoms with Gasteiger partial charge in [0.05, 0.1) is 0 Å². The van der Waals surface area contributed by atoms with Crippen molar-refractivity contribution in [3.05, 3.63) is 11.9 Å². The van der Waals surface area contributed by atoms with E-state index in [0.717, 1.165) is 31.0 Å². The van der Waals surface area contributed by atoms with Crippen LogP contribution in [0.3, 0.4) is 0 Å². The molecule has 0 unspecified atom stereocenters. The topological polar surface area (TPSA) is 63.8 Å². The van der Waals surface area contributed by atoms with E-state index < -0.39 is 0 Å². The van der Waals surface area contributed by atoms with Crippen molar-refractivity contribution in [1.29, 1.82) is 0 Å². The van der Waals surface area contributed by atoms with Crippen LogP contribution in [0.2, 0.25) is 0 Å². The Labute approximate surface area is 130 Å². The van der Waals surface area contributed by atoms with Gasteiger partial charge in [-0.3, -0.25) is 0 Å². The molecule has 0 saturated carbocycles. The third kappa shape index (κ3) is 8.53. The highest BCUT2D eigenvalue weighted by Crippen LogP contribution is 2.11. The molecular formula is C17H32N4. The lowest BCUT2D eigenvalue weighted by atomic mass is 10.1. The fourth-order valence-corrected chi connectivity index (χ4v) is 2.42. The zero-order valence-corrected chi connectivity index (χ0v) is 13.8. The van der Waals surface area contributed by atoms with Gasteiger partial charge in [-0.25, -0.2) is 9.97 Å². The number of nitrogens with zero attached hydrogens (tertiary/aromatic N) is 2. The number of nitrogens with one attached hydrogen (secondary N) is 1. The minimum Gasteiger partial charge on any atom is -0.384 e. The summed E-state index contributed by atoms with van der Waals surface area (Å²) < 4.78 is 0. The van der Waals surface area contributed by atoms with Crippen molar-refractivity contribution >= 4 is 11.6 Å². The normalized spacial score (nSPS) is 10.8. The van der Waals surface area contributed by atoms with Crippen LogP contribution in [0.15, 0.2) is 6.07 Å². The van der Waals surface area contributed by atoms with E-state index >= 15 is 0 Å². The minimum atomic E-state index is 0.562. The average molecular weight is 292 g/mol. The molecule has 0 aliphatic carbocycles. The molecular weight excluding hydrogens is 260 g/mol. The number of nitrogens with two attached hydrogens (primary N) is 1. The first kappa shape index (κ1) is 17.7. The van der Waals surface area contributed by atoms with E-state index in [2.05, 4.69) is 29.1 Å². The van der Waals surface area contributed by atoms with Gasteiger partial charge in [-0.15, -0.1) is 0 Å². The van der Waals surface area contributed by atoms with Crippen LogP contribution in [0, 0.1) is 0 Å². The zero-order chi connectivity index (χ0) is 15.3. The van der Waals surface area contributed by atoms with Crippen molar-refractivity contribution in [2.75, 3.05) is 17.6 Å². The van der Waals surface area contributed by atoms with Crippen LogP contribution in [-0.4, -0.2) is 16.5 Å². The number of aryl methyl sites for hydroxylation is 1. The minimum absolute atomic E-state index is 0.562. The Bertz CT molecular complexity index is 379. The standard InChI is InChI=1S/C17H32N4/c1-3-5-6-7-8-9-10-11-13-19-17-14-15(18)20-16(21-17)12-4-2/h14H,3-13H2,1-2H3,(H3,18,19,20,21). The third-order valence-electron chi connectivity index (χ3n) is 3.60. The van der Waals surface area contributed by atoms with Crippen molar-refractivity contribution in [3.63, 3.8) is 0 Å². The maximum absolute atomic E-state index is 5.81. The van der Waals surface area contributed by atoms with Crippen LogP contribution in [0.4, 0.5) is 11.6 Å². The first-order chi connectivity index (χ1) is 10.3. The summed E-state index contributed by atoms with van der Waals surface area (Å²) in [5, 5.41) is 3.36. The second-order valence-electron chi connectivity index (χ2n) is 5.75. The van der Waals surface area contributed by atoms with Gasteiger partial charge in [0.2, 0.25) is 0 Å². The van der Waals surface area contributed by atoms with Crippen molar-refractivity contribution < 1.29 is 0 Å². The number of hydrogen-bond acceptors (Lipinski definition) is 4. The van der Waals surface area contributed by atoms with Gasteiger partial charge in [0, 0.05) is 19.0 Å². The Balaban J connectivity index is 2.12. The van der Waals surface area contributed by atoms with Gasteiger partial charge in [0.15, 0.2) is 0 Å². The highest BCUT2D eigenvalue weighted by molar-refractivity contribution is 5.44. The molecule has 4 nitrogen and oxygen atoms in total. The van der Waals surface area contributed by atoms with E-state index in [-0.39, 0.29) is 0 Å². The Morgan fingerprint density at radius 3 is 2.24 bits per heavy atom. The predicted molar refractivity (Wildman–Crippen MR) is 91.5 cm³/mol. The fourth-order valence-electron chi connectivity index (χ4n) is 2.42. The number of hydrogen-bond donors (Lipinski definition) is 2. The van der Waals surface area contributed by atoms with Crippen molar-refractivity contribution in [2.24, 2.45) is 0 Å². The molecule has 4 heteroatoms. The van der Waals surface area contributed by atoms with Crippen molar-refractivity contribution in [2.45, 2.75) is 78.1 Å². The lowest BCUT2D eigenvalue weighted by Gasteiger charge is -2.08. The molecule has 1 aromatic rings. The summed E-state index contributed by atoms with van der Waals surface area (Å²) in [6.45, 7) is 5.36. The molecule has 0 atom stereocenters. The summed E-state index contributed by atoms with van der Waals surface area (Å²) in [6.07, 6.45) is 12.6. The highest BCUT2D eigenvalue weighted by Gasteiger charge is 2.01. The van der Waals surface area contributed by atoms with E-state index in [1.54, 1.807) is 0 Å². The molecule has 0 aromatic carbocycles. The Kier molecular flexibility index (Phi) is 9.58. The average Bonchev–Trinajstić information content (AvgIpc) is 2.45. The number of unbranched alkanes of at least 4 members (excludes halogenated alkanes) is 7. The van der Waals surface area contributed by atoms with Gasteiger partial charge in [-0.05, 0) is 12.8 Å². The van der Waals surface area contributed by atoms with Gasteiger partial charge in [-0.2, -0.15) is 0 Å². The second-order valence-corrected chi connectivity index (χ2v) is 5.75. The quantitative estimate of drug-likeness (QED) is 0.554. The molecule has 0 saturated heterocycles. The summed E-state index contributed by atoms with van der Waals surface area (Å²) in [6, 6.07) is 1.82. The van der Waals surface area contributed by atoms with E-state index in [1.165, 1.54) is 51.4 Å². The largest absolute Gasteiger partial charge is 0.384 e. The van der Waals surface area contributed by atoms with Gasteiger partial charge in [0.25, 0.3) is 0 Å². The lowest BCUT2D eigenvalue weighted by Crippen LogP contribution is -2.07. The third-order valence-corrected chi connectivity index (χ3v) is 3.60. The predicted octanol–water partition coefficient (Wildman–Crippen LogP) is 4.56. The Morgan fingerprint density at radius 1 is 0.905 bits per heavy atom. The summed E-state index contributed by atoms with van der Waals surface area (Å²) >= 11 is 0. The van der Waals surface area contributed by atoms with Crippen molar-refractivity contribution in [3.8, 4) is 0 Å². The SMILES string of the molecule is CCCCCCCCCCNc1cc(N)nc(CCC)n1. The Hall–Kier alpha value is -1.32. The highest BCUT2D eigenvalue weighted by atomic mass is 15.0. The maximum Gasteiger partial charge on any atom is 0.133 e. The molecule has 0 bridgehead atoms. The number of rotatable bonds is 12. The molecule has 0 radical (unpaired) electrons. The summed E-state index contributed by atoms with van der Waals surface area (Å²) in [4.78, 5) is 8.73. The molecule has 0 aliphatic heterocycles. The molecule has 0 aliphatic rings. The summed E-state index contributed by atoms with van der Waals surface area (Å²) in [5.41, 5.74) is 5.81. The molecule has 120 valence electrons. The molecule has 1 aromatic heterocycles. The maximum atomic E-state index is 5.81. The number of aromatic nitrogens is 2. The van der Waals surface area contributed by atoms with E-state index in [4.69, 9.17) is 5.73 Å². The number of nitrogen functional groups attached to an aromatic ring is 1. The van der Waals surface area contributed by atoms with Gasteiger partial charge >= 0.3 is 0 Å². The lowest BCUT2D eigenvalue weighted by molar-refractivity contribution is 0.581. The van der Waals surface area contributed by atoms with E-state index in [9.17, 15) is 0 Å². The van der Waals surface area contributed by atoms with Gasteiger partial charge < -0.3 is 11.1 Å². The van der Waals surface area contributed by atoms with Crippen LogP contribution >= 0.6 is 0 Å². The first-order valence-corrected chi connectivity index (χ1v) is 8.63. The van der Waals surface area contributed by atoms with Gasteiger partial charge in [0.1, 0.15) is 17.5 Å². The van der Waals surface area contributed by atoms with Crippen LogP contribution in [0.5, 0.6) is 0 Å². The van der Waals surface area contributed by atoms with Crippen LogP contribution in [0.1, 0.15) is 77.5 Å². The molecule has 1 heterocycles. The van der Waals surface area contributed by atoms with Crippen LogP contribution in [-0.2, 0) is 6.42 Å². The molecule has 0 fully saturated rings. The molecule has 1 rings (SSSR count). The molecule has 0 amide bonds. The van der Waals surface area contributed by atoms with E-state index in [1.807, 2.05) is 6.07 Å². The van der Waals surface area contributed by atoms with E-state index in [0.29, 0.717) is 5.82 Å². The van der Waals surface area contributed by atoms with Gasteiger partial charge in [-0.1, -0.05) is 58.8 Å². The second kappa shape index (κ2) is 11.4. The van der Waals surface area contributed by atoms with Crippen LogP contribution in [0.25, 0.3) is 0 Å². The summed E-state index contributed by atoms with van der Waals surface area (Å²) in [5.74, 6) is 2.27. The first-order valence-electron chi connectivity index (χ1n) is 8.63. The molecule has 21 heavy (non-hydrogen) atoms. The Morgan fingerprint density at radius 2 is 1.57 bits per heavy atom.